The van der Waals surface area contributed by atoms with E-state index in [2.05, 4.69) is 10.5 Å². The van der Waals surface area contributed by atoms with Gasteiger partial charge in [-0.3, -0.25) is 4.79 Å². The highest BCUT2D eigenvalue weighted by Gasteiger charge is 2.01. The average Bonchev–Trinajstić information content (AvgIpc) is 2.76. The van der Waals surface area contributed by atoms with Crippen molar-refractivity contribution < 1.29 is 9.32 Å². The van der Waals surface area contributed by atoms with E-state index in [9.17, 15) is 4.79 Å². The van der Waals surface area contributed by atoms with E-state index >= 15 is 0 Å². The number of nitrogens with one attached hydrogen (secondary N) is 1. The van der Waals surface area contributed by atoms with Crippen LogP contribution in [0.15, 0.2) is 47.1 Å². The Morgan fingerprint density at radius 3 is 2.72 bits per heavy atom. The quantitative estimate of drug-likeness (QED) is 0.677. The third-order valence-corrected chi connectivity index (χ3v) is 2.47. The summed E-state index contributed by atoms with van der Waals surface area (Å²) < 4.78 is 4.93. The summed E-state index contributed by atoms with van der Waals surface area (Å²) in [7, 11) is 0. The predicted octanol–water partition coefficient (Wildman–Crippen LogP) is 3.44. The number of carbonyl (C=O) groups excluding carboxylic acids is 1. The highest BCUT2D eigenvalue weighted by Crippen LogP contribution is 2.11. The molecule has 2 aromatic rings. The first kappa shape index (κ1) is 12.4. The van der Waals surface area contributed by atoms with E-state index < -0.39 is 0 Å². The van der Waals surface area contributed by atoms with Gasteiger partial charge in [0.1, 0.15) is 0 Å². The fourth-order valence-corrected chi connectivity index (χ4v) is 1.47. The van der Waals surface area contributed by atoms with Crippen molar-refractivity contribution in [1.29, 1.82) is 0 Å². The summed E-state index contributed by atoms with van der Waals surface area (Å²) in [6.07, 6.45) is 2.93. The van der Waals surface area contributed by atoms with Crippen LogP contribution in [0.2, 0.25) is 5.02 Å². The van der Waals surface area contributed by atoms with Crippen LogP contribution < -0.4 is 5.32 Å². The molecular weight excluding hydrogens is 252 g/mol. The van der Waals surface area contributed by atoms with Crippen LogP contribution in [0.25, 0.3) is 0 Å². The van der Waals surface area contributed by atoms with Gasteiger partial charge in [0.25, 0.3) is 0 Å². The average molecular weight is 263 g/mol. The van der Waals surface area contributed by atoms with Gasteiger partial charge in [-0.2, -0.15) is 0 Å². The van der Waals surface area contributed by atoms with Crippen molar-refractivity contribution in [3.8, 4) is 0 Å². The number of anilines is 1. The second kappa shape index (κ2) is 5.51. The van der Waals surface area contributed by atoms with Gasteiger partial charge in [-0.15, -0.1) is 0 Å². The van der Waals surface area contributed by atoms with E-state index in [1.54, 1.807) is 30.3 Å². The van der Waals surface area contributed by atoms with Crippen LogP contribution in [0, 0.1) is 6.92 Å². The zero-order valence-electron chi connectivity index (χ0n) is 9.68. The summed E-state index contributed by atoms with van der Waals surface area (Å²) in [5.74, 6) is 0.378. The number of rotatable bonds is 4. The molecule has 0 bridgehead atoms. The molecule has 2 rings (SSSR count). The Labute approximate surface area is 109 Å². The Hall–Kier alpha value is -2.07. The van der Waals surface area contributed by atoms with Crippen molar-refractivity contribution in [2.45, 2.75) is 6.92 Å². The number of carbonyl (C=O) groups is 1. The van der Waals surface area contributed by atoms with Gasteiger partial charge in [0.2, 0.25) is 5.88 Å². The minimum atomic E-state index is -0.115. The molecule has 0 saturated heterocycles. The van der Waals surface area contributed by atoms with E-state index in [1.165, 1.54) is 12.3 Å². The molecule has 1 aromatic heterocycles. The van der Waals surface area contributed by atoms with Gasteiger partial charge in [-0.25, -0.2) is 0 Å². The molecule has 0 aliphatic carbocycles. The van der Waals surface area contributed by atoms with Gasteiger partial charge in [0.05, 0.1) is 5.69 Å². The number of allylic oxidation sites excluding steroid dienone is 1. The van der Waals surface area contributed by atoms with Gasteiger partial charge in [-0.1, -0.05) is 16.8 Å². The molecule has 0 spiro atoms. The van der Waals surface area contributed by atoms with E-state index in [4.69, 9.17) is 16.1 Å². The molecule has 1 aromatic carbocycles. The fourth-order valence-electron chi connectivity index (χ4n) is 1.34. The summed E-state index contributed by atoms with van der Waals surface area (Å²) in [5.41, 5.74) is 1.35. The molecule has 5 heteroatoms. The summed E-state index contributed by atoms with van der Waals surface area (Å²) in [6.45, 7) is 1.82. The SMILES string of the molecule is Cc1cc(NC=CC(=O)c2ccc(Cl)cc2)on1. The van der Waals surface area contributed by atoms with Crippen molar-refractivity contribution in [1.82, 2.24) is 5.16 Å². The fraction of sp³-hybridized carbons (Fsp3) is 0.0769. The zero-order valence-corrected chi connectivity index (χ0v) is 10.4. The third-order valence-electron chi connectivity index (χ3n) is 2.22. The van der Waals surface area contributed by atoms with E-state index in [0.717, 1.165) is 5.69 Å². The Morgan fingerprint density at radius 2 is 2.11 bits per heavy atom. The highest BCUT2D eigenvalue weighted by molar-refractivity contribution is 6.30. The number of aromatic nitrogens is 1. The number of nitrogens with zero attached hydrogens (tertiary/aromatic N) is 1. The van der Waals surface area contributed by atoms with E-state index in [1.807, 2.05) is 6.92 Å². The molecule has 0 atom stereocenters. The maximum absolute atomic E-state index is 11.7. The second-order valence-corrected chi connectivity index (χ2v) is 4.12. The van der Waals surface area contributed by atoms with Gasteiger partial charge in [0.15, 0.2) is 5.78 Å². The standard InChI is InChI=1S/C13H11ClN2O2/c1-9-8-13(18-16-9)15-7-6-12(17)10-2-4-11(14)5-3-10/h2-8,15H,1H3. The first-order valence-electron chi connectivity index (χ1n) is 5.31. The van der Waals surface area contributed by atoms with Crippen LogP contribution in [-0.4, -0.2) is 10.9 Å². The first-order valence-corrected chi connectivity index (χ1v) is 5.69. The third kappa shape index (κ3) is 3.21. The molecule has 1 heterocycles. The number of hydrogen-bond donors (Lipinski definition) is 1. The number of aryl methyl sites for hydroxylation is 1. The zero-order chi connectivity index (χ0) is 13.0. The summed E-state index contributed by atoms with van der Waals surface area (Å²) in [6, 6.07) is 8.43. The molecule has 0 saturated carbocycles. The smallest absolute Gasteiger partial charge is 0.228 e. The summed E-state index contributed by atoms with van der Waals surface area (Å²) in [5, 5.41) is 7.13. The lowest BCUT2D eigenvalue weighted by molar-refractivity contribution is 0.104. The predicted molar refractivity (Wildman–Crippen MR) is 69.8 cm³/mol. The molecule has 1 N–H and O–H groups in total. The highest BCUT2D eigenvalue weighted by atomic mass is 35.5. The minimum Gasteiger partial charge on any atom is -0.338 e. The number of benzene rings is 1. The van der Waals surface area contributed by atoms with Gasteiger partial charge in [0, 0.05) is 28.9 Å². The summed E-state index contributed by atoms with van der Waals surface area (Å²) in [4.78, 5) is 11.7. The first-order chi connectivity index (χ1) is 8.65. The van der Waals surface area contributed by atoms with E-state index in [-0.39, 0.29) is 5.78 Å². The van der Waals surface area contributed by atoms with Crippen molar-refractivity contribution in [2.24, 2.45) is 0 Å². The van der Waals surface area contributed by atoms with Crippen LogP contribution >= 0.6 is 11.6 Å². The van der Waals surface area contributed by atoms with Crippen LogP contribution in [-0.2, 0) is 0 Å². The van der Waals surface area contributed by atoms with Crippen LogP contribution in [0.3, 0.4) is 0 Å². The van der Waals surface area contributed by atoms with Gasteiger partial charge < -0.3 is 9.84 Å². The van der Waals surface area contributed by atoms with Crippen molar-refractivity contribution in [3.63, 3.8) is 0 Å². The Bertz CT molecular complexity index is 573. The normalized spacial score (nSPS) is 10.8. The molecule has 0 amide bonds. The van der Waals surface area contributed by atoms with Crippen LogP contribution in [0.5, 0.6) is 0 Å². The molecule has 0 unspecified atom stereocenters. The lowest BCUT2D eigenvalue weighted by Crippen LogP contribution is -1.95. The molecule has 0 aliphatic rings. The Morgan fingerprint density at radius 1 is 1.39 bits per heavy atom. The Balaban J connectivity index is 1.97. The molecule has 0 fully saturated rings. The van der Waals surface area contributed by atoms with Crippen molar-refractivity contribution in [3.05, 3.63) is 58.9 Å². The molecular formula is C13H11ClN2O2. The van der Waals surface area contributed by atoms with Crippen molar-refractivity contribution >= 4 is 23.3 Å². The molecule has 0 radical (unpaired) electrons. The summed E-state index contributed by atoms with van der Waals surface area (Å²) >= 11 is 5.74. The van der Waals surface area contributed by atoms with Crippen LogP contribution in [0.1, 0.15) is 16.1 Å². The number of hydrogen-bond acceptors (Lipinski definition) is 4. The van der Waals surface area contributed by atoms with Crippen molar-refractivity contribution in [2.75, 3.05) is 5.32 Å². The van der Waals surface area contributed by atoms with Gasteiger partial charge in [-0.05, 0) is 31.2 Å². The molecule has 92 valence electrons. The monoisotopic (exact) mass is 262 g/mol. The molecule has 4 nitrogen and oxygen atoms in total. The van der Waals surface area contributed by atoms with Crippen LogP contribution in [0.4, 0.5) is 5.88 Å². The van der Waals surface area contributed by atoms with E-state index in [0.29, 0.717) is 16.5 Å². The van der Waals surface area contributed by atoms with Gasteiger partial charge >= 0.3 is 0 Å². The molecule has 18 heavy (non-hydrogen) atoms. The molecule has 0 aliphatic heterocycles. The maximum Gasteiger partial charge on any atom is 0.228 e. The number of halogens is 1. The lowest BCUT2D eigenvalue weighted by Gasteiger charge is -1.96. The maximum atomic E-state index is 11.7. The minimum absolute atomic E-state index is 0.115. The Kier molecular flexibility index (Phi) is 3.79. The lowest BCUT2D eigenvalue weighted by atomic mass is 10.1. The second-order valence-electron chi connectivity index (χ2n) is 3.68. The topological polar surface area (TPSA) is 55.1 Å². The number of ketones is 1. The largest absolute Gasteiger partial charge is 0.338 e.